The fourth-order valence-corrected chi connectivity index (χ4v) is 4.28. The number of aromatic nitrogens is 3. The normalized spacial score (nSPS) is 19.1. The van der Waals surface area contributed by atoms with Crippen molar-refractivity contribution < 1.29 is 9.84 Å². The van der Waals surface area contributed by atoms with E-state index in [0.29, 0.717) is 5.82 Å². The number of para-hydroxylation sites is 1. The number of benzene rings is 2. The third kappa shape index (κ3) is 3.50. The molecule has 0 aliphatic heterocycles. The van der Waals surface area contributed by atoms with Crippen molar-refractivity contribution in [2.75, 3.05) is 5.73 Å². The van der Waals surface area contributed by atoms with Crippen LogP contribution in [0.2, 0.25) is 0 Å². The van der Waals surface area contributed by atoms with E-state index in [1.54, 1.807) is 6.20 Å². The zero-order valence-corrected chi connectivity index (χ0v) is 16.6. The molecule has 1 aliphatic carbocycles. The van der Waals surface area contributed by atoms with Gasteiger partial charge in [-0.1, -0.05) is 24.6 Å². The van der Waals surface area contributed by atoms with E-state index >= 15 is 0 Å². The minimum absolute atomic E-state index is 0.206. The van der Waals surface area contributed by atoms with Crippen LogP contribution >= 0.6 is 0 Å². The van der Waals surface area contributed by atoms with E-state index in [4.69, 9.17) is 15.5 Å². The van der Waals surface area contributed by atoms with E-state index in [2.05, 4.69) is 4.98 Å². The van der Waals surface area contributed by atoms with E-state index in [1.165, 1.54) is 0 Å². The molecule has 4 aromatic rings. The Morgan fingerprint density at radius 1 is 1.00 bits per heavy atom. The summed E-state index contributed by atoms with van der Waals surface area (Å²) in [6.45, 7) is 0. The maximum Gasteiger partial charge on any atom is 0.150 e. The summed E-state index contributed by atoms with van der Waals surface area (Å²) < 4.78 is 7.94. The number of fused-ring (bicyclic) bond motifs is 1. The molecule has 6 heteroatoms. The van der Waals surface area contributed by atoms with Crippen LogP contribution in [0.5, 0.6) is 11.5 Å². The molecular weight excluding hydrogens is 376 g/mol. The van der Waals surface area contributed by atoms with Crippen LogP contribution in [0.3, 0.4) is 0 Å². The second-order valence-corrected chi connectivity index (χ2v) is 7.81. The van der Waals surface area contributed by atoms with E-state index in [0.717, 1.165) is 59.8 Å². The fraction of sp³-hybridized carbons (Fsp3) is 0.250. The zero-order valence-electron chi connectivity index (χ0n) is 16.6. The summed E-state index contributed by atoms with van der Waals surface area (Å²) >= 11 is 0. The fourth-order valence-electron chi connectivity index (χ4n) is 4.28. The SMILES string of the molecule is Nc1nccn2c(C3CCCC(O)C3)nc(-c3ccc(Oc4ccccc4)cc3)c12. The Morgan fingerprint density at radius 3 is 2.53 bits per heavy atom. The molecule has 0 bridgehead atoms. The maximum atomic E-state index is 10.2. The Morgan fingerprint density at radius 2 is 1.77 bits per heavy atom. The number of hydrogen-bond acceptors (Lipinski definition) is 5. The number of nitrogens with two attached hydrogens (primary N) is 1. The quantitative estimate of drug-likeness (QED) is 0.514. The van der Waals surface area contributed by atoms with E-state index in [1.807, 2.05) is 65.2 Å². The Labute approximate surface area is 175 Å². The van der Waals surface area contributed by atoms with Crippen LogP contribution in [-0.4, -0.2) is 25.6 Å². The molecule has 6 nitrogen and oxygen atoms in total. The number of hydrogen-bond donors (Lipinski definition) is 2. The highest BCUT2D eigenvalue weighted by molar-refractivity contribution is 5.85. The summed E-state index contributed by atoms with van der Waals surface area (Å²) in [7, 11) is 0. The lowest BCUT2D eigenvalue weighted by molar-refractivity contribution is 0.118. The number of anilines is 1. The first-order valence-corrected chi connectivity index (χ1v) is 10.3. The first-order valence-electron chi connectivity index (χ1n) is 10.3. The number of aliphatic hydroxyl groups excluding tert-OH is 1. The van der Waals surface area contributed by atoms with Crippen molar-refractivity contribution in [1.29, 1.82) is 0 Å². The van der Waals surface area contributed by atoms with Crippen molar-refractivity contribution >= 4 is 11.3 Å². The lowest BCUT2D eigenvalue weighted by atomic mass is 9.87. The molecule has 1 aliphatic rings. The predicted octanol–water partition coefficient (Wildman–Crippen LogP) is 4.79. The van der Waals surface area contributed by atoms with E-state index in [9.17, 15) is 5.11 Å². The Balaban J connectivity index is 1.52. The van der Waals surface area contributed by atoms with Gasteiger partial charge in [-0.2, -0.15) is 0 Å². The van der Waals surface area contributed by atoms with Crippen molar-refractivity contribution in [2.24, 2.45) is 0 Å². The first-order chi connectivity index (χ1) is 14.7. The van der Waals surface area contributed by atoms with Gasteiger partial charge in [0.05, 0.1) is 6.10 Å². The topological polar surface area (TPSA) is 85.7 Å². The highest BCUT2D eigenvalue weighted by Gasteiger charge is 2.27. The molecule has 3 N–H and O–H groups in total. The van der Waals surface area contributed by atoms with Gasteiger partial charge in [0.15, 0.2) is 0 Å². The molecule has 2 aromatic carbocycles. The van der Waals surface area contributed by atoms with Gasteiger partial charge in [-0.15, -0.1) is 0 Å². The summed E-state index contributed by atoms with van der Waals surface area (Å²) in [6.07, 6.45) is 6.94. The summed E-state index contributed by atoms with van der Waals surface area (Å²) in [4.78, 5) is 9.27. The van der Waals surface area contributed by atoms with Crippen molar-refractivity contribution in [3.05, 3.63) is 72.8 Å². The summed E-state index contributed by atoms with van der Waals surface area (Å²) in [5, 5.41) is 10.2. The lowest BCUT2D eigenvalue weighted by Crippen LogP contribution is -2.19. The maximum absolute atomic E-state index is 10.2. The standard InChI is InChI=1S/C24H24N4O2/c25-23-22-21(16-9-11-20(12-10-16)30-19-7-2-1-3-8-19)27-24(28(22)14-13-26-23)17-5-4-6-18(29)15-17/h1-3,7-14,17-18,29H,4-6,15H2,(H2,25,26). The second-order valence-electron chi connectivity index (χ2n) is 7.81. The number of rotatable bonds is 4. The van der Waals surface area contributed by atoms with E-state index < -0.39 is 0 Å². The van der Waals surface area contributed by atoms with Crippen LogP contribution < -0.4 is 10.5 Å². The van der Waals surface area contributed by atoms with Crippen LogP contribution in [0.1, 0.15) is 37.4 Å². The molecule has 2 atom stereocenters. The Kier molecular flexibility index (Phi) is 4.85. The minimum atomic E-state index is -0.270. The van der Waals surface area contributed by atoms with Gasteiger partial charge < -0.3 is 15.6 Å². The molecule has 0 saturated heterocycles. The molecule has 2 unspecified atom stereocenters. The van der Waals surface area contributed by atoms with Crippen molar-refractivity contribution in [2.45, 2.75) is 37.7 Å². The van der Waals surface area contributed by atoms with Gasteiger partial charge in [-0.05, 0) is 55.7 Å². The van der Waals surface area contributed by atoms with Gasteiger partial charge in [0.2, 0.25) is 0 Å². The first kappa shape index (κ1) is 18.6. The Hall–Kier alpha value is -3.38. The third-order valence-corrected chi connectivity index (χ3v) is 5.73. The molecule has 30 heavy (non-hydrogen) atoms. The Bertz CT molecular complexity index is 1160. The van der Waals surface area contributed by atoms with Gasteiger partial charge in [-0.25, -0.2) is 9.97 Å². The predicted molar refractivity (Wildman–Crippen MR) is 117 cm³/mol. The summed E-state index contributed by atoms with van der Waals surface area (Å²) in [5.74, 6) is 3.15. The molecule has 5 rings (SSSR count). The van der Waals surface area contributed by atoms with Crippen LogP contribution in [0.25, 0.3) is 16.8 Å². The molecule has 0 radical (unpaired) electrons. The number of nitrogens with zero attached hydrogens (tertiary/aromatic N) is 3. The van der Waals surface area contributed by atoms with Crippen LogP contribution in [0, 0.1) is 0 Å². The molecule has 152 valence electrons. The zero-order chi connectivity index (χ0) is 20.5. The number of aliphatic hydroxyl groups is 1. The molecule has 0 amide bonds. The van der Waals surface area contributed by atoms with E-state index in [-0.39, 0.29) is 12.0 Å². The molecule has 2 aromatic heterocycles. The number of nitrogen functional groups attached to an aromatic ring is 1. The number of imidazole rings is 1. The average Bonchev–Trinajstić information content (AvgIpc) is 3.16. The molecule has 1 saturated carbocycles. The second kappa shape index (κ2) is 7.80. The molecule has 0 spiro atoms. The smallest absolute Gasteiger partial charge is 0.150 e. The van der Waals surface area contributed by atoms with Crippen LogP contribution in [-0.2, 0) is 0 Å². The molecule has 1 fully saturated rings. The van der Waals surface area contributed by atoms with Crippen molar-refractivity contribution in [1.82, 2.24) is 14.4 Å². The van der Waals surface area contributed by atoms with Crippen molar-refractivity contribution in [3.63, 3.8) is 0 Å². The summed E-state index contributed by atoms with van der Waals surface area (Å²) in [6, 6.07) is 17.6. The van der Waals surface area contributed by atoms with Gasteiger partial charge in [0.1, 0.15) is 34.4 Å². The third-order valence-electron chi connectivity index (χ3n) is 5.73. The largest absolute Gasteiger partial charge is 0.457 e. The summed E-state index contributed by atoms with van der Waals surface area (Å²) in [5.41, 5.74) is 8.82. The lowest BCUT2D eigenvalue weighted by Gasteiger charge is -2.24. The van der Waals surface area contributed by atoms with Gasteiger partial charge in [-0.3, -0.25) is 4.40 Å². The number of ether oxygens (including phenoxy) is 1. The van der Waals surface area contributed by atoms with Gasteiger partial charge >= 0.3 is 0 Å². The van der Waals surface area contributed by atoms with Gasteiger partial charge in [0.25, 0.3) is 0 Å². The monoisotopic (exact) mass is 400 g/mol. The van der Waals surface area contributed by atoms with Crippen molar-refractivity contribution in [3.8, 4) is 22.8 Å². The van der Waals surface area contributed by atoms with Crippen LogP contribution in [0.15, 0.2) is 67.0 Å². The molecule has 2 heterocycles. The highest BCUT2D eigenvalue weighted by Crippen LogP contribution is 2.37. The minimum Gasteiger partial charge on any atom is -0.457 e. The van der Waals surface area contributed by atoms with Gasteiger partial charge in [0, 0.05) is 23.9 Å². The van der Waals surface area contributed by atoms with Crippen LogP contribution in [0.4, 0.5) is 5.82 Å². The highest BCUT2D eigenvalue weighted by atomic mass is 16.5. The average molecular weight is 400 g/mol. The molecular formula is C24H24N4O2.